The smallest absolute Gasteiger partial charge is 0.307 e. The monoisotopic (exact) mass is 338 g/mol. The van der Waals surface area contributed by atoms with E-state index in [2.05, 4.69) is 11.4 Å². The second-order valence-electron chi connectivity index (χ2n) is 5.23. The summed E-state index contributed by atoms with van der Waals surface area (Å²) in [7, 11) is 0. The van der Waals surface area contributed by atoms with Gasteiger partial charge in [0.2, 0.25) is 5.91 Å². The molecule has 3 rings (SSSR count). The molecule has 0 fully saturated rings. The number of nitrogens with one attached hydrogen (secondary N) is 1. The molecule has 0 saturated carbocycles. The number of rotatable bonds is 4. The number of hydrogen-bond acceptors (Lipinski definition) is 5. The lowest BCUT2D eigenvalue weighted by Crippen LogP contribution is -2.31. The van der Waals surface area contributed by atoms with Gasteiger partial charge in [-0.05, 0) is 18.2 Å². The minimum atomic E-state index is -0.515. The van der Waals surface area contributed by atoms with Gasteiger partial charge >= 0.3 is 5.97 Å². The summed E-state index contributed by atoms with van der Waals surface area (Å²) in [6.45, 7) is 0.0260. The fourth-order valence-electron chi connectivity index (χ4n) is 2.35. The van der Waals surface area contributed by atoms with Crippen LogP contribution in [0.2, 0.25) is 0 Å². The van der Waals surface area contributed by atoms with Crippen molar-refractivity contribution >= 4 is 29.3 Å². The van der Waals surface area contributed by atoms with E-state index in [1.807, 2.05) is 24.3 Å². The molecule has 1 aliphatic rings. The van der Waals surface area contributed by atoms with Gasteiger partial charge < -0.3 is 10.1 Å². The van der Waals surface area contributed by atoms with Gasteiger partial charge in [0.25, 0.3) is 0 Å². The van der Waals surface area contributed by atoms with E-state index in [1.165, 1.54) is 11.8 Å². The average Bonchev–Trinajstić information content (AvgIpc) is 2.61. The zero-order chi connectivity index (χ0) is 16.9. The lowest BCUT2D eigenvalue weighted by Gasteiger charge is -2.23. The Kier molecular flexibility index (Phi) is 4.82. The Morgan fingerprint density at radius 2 is 1.96 bits per heavy atom. The topological polar surface area (TPSA) is 79.2 Å². The summed E-state index contributed by atoms with van der Waals surface area (Å²) in [4.78, 5) is 25.1. The number of esters is 1. The summed E-state index contributed by atoms with van der Waals surface area (Å²) in [6.07, 6.45) is -0.0143. The first-order valence-electron chi connectivity index (χ1n) is 7.37. The van der Waals surface area contributed by atoms with E-state index in [0.717, 1.165) is 10.6 Å². The molecule has 24 heavy (non-hydrogen) atoms. The number of para-hydroxylation sites is 1. The van der Waals surface area contributed by atoms with Crippen LogP contribution in [-0.2, 0) is 20.9 Å². The molecule has 2 aromatic carbocycles. The Balaban J connectivity index is 1.60. The van der Waals surface area contributed by atoms with E-state index in [4.69, 9.17) is 10.00 Å². The zero-order valence-corrected chi connectivity index (χ0v) is 13.5. The molecule has 1 heterocycles. The number of hydrogen-bond donors (Lipinski definition) is 1. The fraction of sp³-hybridized carbons (Fsp3) is 0.167. The van der Waals surface area contributed by atoms with Crippen molar-refractivity contribution in [3.63, 3.8) is 0 Å². The second kappa shape index (κ2) is 7.20. The molecule has 1 aliphatic heterocycles. The molecule has 0 spiro atoms. The highest BCUT2D eigenvalue weighted by atomic mass is 32.2. The maximum atomic E-state index is 12.1. The van der Waals surface area contributed by atoms with E-state index in [9.17, 15) is 9.59 Å². The van der Waals surface area contributed by atoms with Gasteiger partial charge in [-0.15, -0.1) is 11.8 Å². The summed E-state index contributed by atoms with van der Waals surface area (Å²) in [5, 5.41) is 11.3. The van der Waals surface area contributed by atoms with Crippen molar-refractivity contribution in [3.8, 4) is 6.07 Å². The van der Waals surface area contributed by atoms with Gasteiger partial charge in [-0.3, -0.25) is 9.59 Å². The van der Waals surface area contributed by atoms with Crippen LogP contribution in [0.5, 0.6) is 0 Å². The Labute approximate surface area is 143 Å². The summed E-state index contributed by atoms with van der Waals surface area (Å²) < 4.78 is 5.23. The molecule has 0 unspecified atom stereocenters. The number of ether oxygens (including phenoxy) is 1. The van der Waals surface area contributed by atoms with Crippen LogP contribution in [0.15, 0.2) is 53.4 Å². The highest BCUT2D eigenvalue weighted by Crippen LogP contribution is 2.36. The van der Waals surface area contributed by atoms with E-state index in [-0.39, 0.29) is 18.9 Å². The van der Waals surface area contributed by atoms with Crippen LogP contribution in [0.1, 0.15) is 17.5 Å². The Morgan fingerprint density at radius 1 is 1.21 bits per heavy atom. The highest BCUT2D eigenvalue weighted by Gasteiger charge is 2.29. The molecule has 0 bridgehead atoms. The molecule has 1 amide bonds. The minimum absolute atomic E-state index is 0.0143. The highest BCUT2D eigenvalue weighted by molar-refractivity contribution is 8.01. The third-order valence-electron chi connectivity index (χ3n) is 3.59. The van der Waals surface area contributed by atoms with E-state index >= 15 is 0 Å². The zero-order valence-electron chi connectivity index (χ0n) is 12.7. The number of nitrogens with zero attached hydrogens (tertiary/aromatic N) is 1. The second-order valence-corrected chi connectivity index (χ2v) is 6.47. The van der Waals surface area contributed by atoms with Gasteiger partial charge in [0.1, 0.15) is 6.61 Å². The molecule has 0 saturated heterocycles. The number of nitriles is 1. The summed E-state index contributed by atoms with van der Waals surface area (Å²) in [6, 6.07) is 16.5. The molecular formula is C18H14N2O3S. The standard InChI is InChI=1S/C18H14N2O3S/c19-10-12-5-1-2-6-13(12)11-23-17(21)9-16-18(22)20-14-7-3-4-8-15(14)24-16/h1-8,16H,9,11H2,(H,20,22)/t16-/m0/s1. The lowest BCUT2D eigenvalue weighted by molar-refractivity contribution is -0.145. The van der Waals surface area contributed by atoms with E-state index in [0.29, 0.717) is 11.1 Å². The first-order chi connectivity index (χ1) is 11.7. The average molecular weight is 338 g/mol. The van der Waals surface area contributed by atoms with Crippen molar-refractivity contribution < 1.29 is 14.3 Å². The molecule has 1 N–H and O–H groups in total. The third-order valence-corrected chi connectivity index (χ3v) is 4.86. The molecule has 2 aromatic rings. The maximum Gasteiger partial charge on any atom is 0.307 e. The number of benzene rings is 2. The first-order valence-corrected chi connectivity index (χ1v) is 8.25. The predicted molar refractivity (Wildman–Crippen MR) is 90.3 cm³/mol. The Morgan fingerprint density at radius 3 is 2.79 bits per heavy atom. The SMILES string of the molecule is N#Cc1ccccc1COC(=O)C[C@@H]1Sc2ccccc2NC1=O. The van der Waals surface area contributed by atoms with Crippen molar-refractivity contribution in [1.82, 2.24) is 0 Å². The molecule has 0 aliphatic carbocycles. The van der Waals surface area contributed by atoms with Crippen molar-refractivity contribution in [2.75, 3.05) is 5.32 Å². The van der Waals surface area contributed by atoms with Crippen molar-refractivity contribution in [3.05, 3.63) is 59.7 Å². The van der Waals surface area contributed by atoms with Crippen molar-refractivity contribution in [2.24, 2.45) is 0 Å². The van der Waals surface area contributed by atoms with Gasteiger partial charge in [-0.2, -0.15) is 5.26 Å². The molecule has 6 heteroatoms. The number of amides is 1. The molecule has 1 atom stereocenters. The quantitative estimate of drug-likeness (QED) is 0.867. The summed E-state index contributed by atoms with van der Waals surface area (Å²) in [5.74, 6) is -0.664. The normalized spacial score (nSPS) is 15.8. The molecule has 0 radical (unpaired) electrons. The number of thioether (sulfide) groups is 1. The Bertz CT molecular complexity index is 829. The predicted octanol–water partition coefficient (Wildman–Crippen LogP) is 3.10. The molecule has 120 valence electrons. The summed E-state index contributed by atoms with van der Waals surface area (Å²) >= 11 is 1.36. The van der Waals surface area contributed by atoms with Gasteiger partial charge in [0.05, 0.1) is 29.0 Å². The fourth-order valence-corrected chi connectivity index (χ4v) is 3.45. The third kappa shape index (κ3) is 3.58. The van der Waals surface area contributed by atoms with E-state index < -0.39 is 11.2 Å². The minimum Gasteiger partial charge on any atom is -0.461 e. The van der Waals surface area contributed by atoms with E-state index in [1.54, 1.807) is 24.3 Å². The largest absolute Gasteiger partial charge is 0.461 e. The molecule has 5 nitrogen and oxygen atoms in total. The van der Waals surface area contributed by atoms with Crippen LogP contribution >= 0.6 is 11.8 Å². The van der Waals surface area contributed by atoms with Crippen LogP contribution in [0, 0.1) is 11.3 Å². The summed E-state index contributed by atoms with van der Waals surface area (Å²) in [5.41, 5.74) is 1.89. The van der Waals surface area contributed by atoms with Gasteiger partial charge in [-0.1, -0.05) is 30.3 Å². The van der Waals surface area contributed by atoms with Crippen LogP contribution in [0.4, 0.5) is 5.69 Å². The van der Waals surface area contributed by atoms with Crippen LogP contribution in [0.3, 0.4) is 0 Å². The van der Waals surface area contributed by atoms with Crippen LogP contribution < -0.4 is 5.32 Å². The van der Waals surface area contributed by atoms with Gasteiger partial charge in [-0.25, -0.2) is 0 Å². The lowest BCUT2D eigenvalue weighted by atomic mass is 10.1. The molecular weight excluding hydrogens is 324 g/mol. The number of anilines is 1. The van der Waals surface area contributed by atoms with Gasteiger partial charge in [0, 0.05) is 10.5 Å². The Hall–Kier alpha value is -2.78. The van der Waals surface area contributed by atoms with Crippen molar-refractivity contribution in [1.29, 1.82) is 5.26 Å². The van der Waals surface area contributed by atoms with Gasteiger partial charge in [0.15, 0.2) is 0 Å². The molecule has 0 aromatic heterocycles. The maximum absolute atomic E-state index is 12.1. The van der Waals surface area contributed by atoms with Crippen LogP contribution in [0.25, 0.3) is 0 Å². The van der Waals surface area contributed by atoms with Crippen LogP contribution in [-0.4, -0.2) is 17.1 Å². The number of fused-ring (bicyclic) bond motifs is 1. The number of carbonyl (C=O) groups is 2. The first kappa shape index (κ1) is 16.1. The van der Waals surface area contributed by atoms with Crippen molar-refractivity contribution in [2.45, 2.75) is 23.2 Å². The number of carbonyl (C=O) groups excluding carboxylic acids is 2.